The highest BCUT2D eigenvalue weighted by Gasteiger charge is 2.26. The van der Waals surface area contributed by atoms with Crippen LogP contribution < -0.4 is 0 Å². The number of nitrogens with zero attached hydrogens (tertiary/aromatic N) is 2. The van der Waals surface area contributed by atoms with Crippen molar-refractivity contribution >= 4 is 5.65 Å². The molecule has 0 aliphatic heterocycles. The van der Waals surface area contributed by atoms with Crippen molar-refractivity contribution in [2.75, 3.05) is 0 Å². The molecular formula is C13H16N2. The maximum Gasteiger partial charge on any atom is 0.137 e. The van der Waals surface area contributed by atoms with Gasteiger partial charge in [-0.1, -0.05) is 6.92 Å². The van der Waals surface area contributed by atoms with Gasteiger partial charge >= 0.3 is 0 Å². The Balaban J connectivity index is 2.23. The first-order chi connectivity index (χ1) is 7.28. The number of imidazole rings is 1. The molecule has 0 N–H and O–H groups in total. The second kappa shape index (κ2) is 3.09. The van der Waals surface area contributed by atoms with E-state index in [0.29, 0.717) is 0 Å². The molecule has 15 heavy (non-hydrogen) atoms. The predicted octanol–water partition coefficient (Wildman–Crippen LogP) is 3.08. The fourth-order valence-electron chi connectivity index (χ4n) is 2.29. The summed E-state index contributed by atoms with van der Waals surface area (Å²) in [5.74, 6) is 0.821. The first kappa shape index (κ1) is 8.96. The van der Waals surface area contributed by atoms with Crippen LogP contribution in [0.2, 0.25) is 0 Å². The highest BCUT2D eigenvalue weighted by Crippen LogP contribution is 2.42. The van der Waals surface area contributed by atoms with Crippen molar-refractivity contribution in [2.45, 2.75) is 39.0 Å². The Bertz CT molecular complexity index is 506. The van der Waals surface area contributed by atoms with Crippen molar-refractivity contribution in [2.24, 2.45) is 0 Å². The predicted molar refractivity (Wildman–Crippen MR) is 61.3 cm³/mol. The molecule has 0 bridgehead atoms. The van der Waals surface area contributed by atoms with Crippen molar-refractivity contribution in [3.8, 4) is 0 Å². The van der Waals surface area contributed by atoms with Crippen LogP contribution >= 0.6 is 0 Å². The molecule has 1 saturated carbocycles. The fraction of sp³-hybridized carbons (Fsp3) is 0.462. The Morgan fingerprint density at radius 2 is 2.20 bits per heavy atom. The molecule has 1 fully saturated rings. The van der Waals surface area contributed by atoms with Crippen LogP contribution in [-0.2, 0) is 6.42 Å². The zero-order valence-electron chi connectivity index (χ0n) is 9.33. The molecule has 0 saturated heterocycles. The average molecular weight is 200 g/mol. The maximum absolute atomic E-state index is 4.52. The molecule has 2 heteroatoms. The molecule has 3 rings (SSSR count). The highest BCUT2D eigenvalue weighted by atomic mass is 15.0. The monoisotopic (exact) mass is 200 g/mol. The maximum atomic E-state index is 4.52. The number of aryl methyl sites for hydroxylation is 2. The first-order valence-electron chi connectivity index (χ1n) is 5.76. The van der Waals surface area contributed by atoms with Crippen LogP contribution in [0.4, 0.5) is 0 Å². The number of pyridine rings is 1. The summed E-state index contributed by atoms with van der Waals surface area (Å²) in [6.07, 6.45) is 8.21. The van der Waals surface area contributed by atoms with Gasteiger partial charge in [-0.25, -0.2) is 4.98 Å². The lowest BCUT2D eigenvalue weighted by molar-refractivity contribution is 0.990. The zero-order chi connectivity index (χ0) is 10.4. The number of hydrogen-bond donors (Lipinski definition) is 0. The van der Waals surface area contributed by atoms with E-state index in [0.717, 1.165) is 23.7 Å². The quantitative estimate of drug-likeness (QED) is 0.728. The molecular weight excluding hydrogens is 184 g/mol. The van der Waals surface area contributed by atoms with Gasteiger partial charge in [0.05, 0.1) is 5.69 Å². The van der Waals surface area contributed by atoms with Crippen LogP contribution in [-0.4, -0.2) is 9.38 Å². The molecule has 2 heterocycles. The van der Waals surface area contributed by atoms with Crippen LogP contribution in [0, 0.1) is 6.92 Å². The van der Waals surface area contributed by atoms with Crippen molar-refractivity contribution in [3.63, 3.8) is 0 Å². The van der Waals surface area contributed by atoms with E-state index in [4.69, 9.17) is 0 Å². The van der Waals surface area contributed by atoms with Gasteiger partial charge in [0.15, 0.2) is 0 Å². The van der Waals surface area contributed by atoms with E-state index in [1.165, 1.54) is 24.0 Å². The lowest BCUT2D eigenvalue weighted by Crippen LogP contribution is -1.95. The Morgan fingerprint density at radius 1 is 1.40 bits per heavy atom. The number of rotatable bonds is 2. The standard InChI is InChI=1S/C13H16N2/c1-3-10-8-15-7-9(2)14-13(15)6-12(10)11-4-5-11/h6-8,11H,3-5H2,1-2H3. The minimum Gasteiger partial charge on any atom is -0.307 e. The van der Waals surface area contributed by atoms with E-state index in [1.807, 2.05) is 0 Å². The molecule has 2 nitrogen and oxygen atoms in total. The van der Waals surface area contributed by atoms with Crippen LogP contribution in [0.1, 0.15) is 42.5 Å². The summed E-state index contributed by atoms with van der Waals surface area (Å²) in [4.78, 5) is 4.52. The molecule has 0 radical (unpaired) electrons. The summed E-state index contributed by atoms with van der Waals surface area (Å²) in [6, 6.07) is 2.28. The highest BCUT2D eigenvalue weighted by molar-refractivity contribution is 5.48. The van der Waals surface area contributed by atoms with Gasteiger partial charge in [0, 0.05) is 12.4 Å². The third-order valence-corrected chi connectivity index (χ3v) is 3.23. The number of fused-ring (bicyclic) bond motifs is 1. The summed E-state index contributed by atoms with van der Waals surface area (Å²) < 4.78 is 2.15. The fourth-order valence-corrected chi connectivity index (χ4v) is 2.29. The summed E-state index contributed by atoms with van der Waals surface area (Å²) in [5, 5.41) is 0. The third-order valence-electron chi connectivity index (χ3n) is 3.23. The first-order valence-corrected chi connectivity index (χ1v) is 5.76. The van der Waals surface area contributed by atoms with Gasteiger partial charge in [0.1, 0.15) is 5.65 Å². The van der Waals surface area contributed by atoms with Gasteiger partial charge in [0.2, 0.25) is 0 Å². The van der Waals surface area contributed by atoms with E-state index in [9.17, 15) is 0 Å². The Kier molecular flexibility index (Phi) is 1.84. The van der Waals surface area contributed by atoms with Gasteiger partial charge in [0.25, 0.3) is 0 Å². The van der Waals surface area contributed by atoms with Crippen molar-refractivity contribution in [1.82, 2.24) is 9.38 Å². The van der Waals surface area contributed by atoms with Crippen LogP contribution in [0.15, 0.2) is 18.5 Å². The second-order valence-corrected chi connectivity index (χ2v) is 4.53. The molecule has 0 unspecified atom stereocenters. The summed E-state index contributed by atoms with van der Waals surface area (Å²) in [7, 11) is 0. The van der Waals surface area contributed by atoms with Gasteiger partial charge < -0.3 is 4.40 Å². The average Bonchev–Trinajstić information content (AvgIpc) is 2.98. The molecule has 2 aromatic heterocycles. The summed E-state index contributed by atoms with van der Waals surface area (Å²) in [6.45, 7) is 4.28. The van der Waals surface area contributed by atoms with Crippen LogP contribution in [0.25, 0.3) is 5.65 Å². The molecule has 0 aromatic carbocycles. The Labute approximate surface area is 90.0 Å². The SMILES string of the molecule is CCc1cn2cc(C)nc2cc1C1CC1. The lowest BCUT2D eigenvalue weighted by Gasteiger charge is -2.07. The molecule has 78 valence electrons. The minimum absolute atomic E-state index is 0.821. The molecule has 1 aliphatic rings. The summed E-state index contributed by atoms with van der Waals surface area (Å²) in [5.41, 5.74) is 5.23. The van der Waals surface area contributed by atoms with Gasteiger partial charge in [-0.3, -0.25) is 0 Å². The smallest absolute Gasteiger partial charge is 0.137 e. The van der Waals surface area contributed by atoms with Crippen molar-refractivity contribution < 1.29 is 0 Å². The van der Waals surface area contributed by atoms with E-state index >= 15 is 0 Å². The molecule has 1 aliphatic carbocycles. The van der Waals surface area contributed by atoms with Crippen LogP contribution in [0.3, 0.4) is 0 Å². The second-order valence-electron chi connectivity index (χ2n) is 4.53. The Morgan fingerprint density at radius 3 is 2.87 bits per heavy atom. The number of hydrogen-bond acceptors (Lipinski definition) is 1. The third kappa shape index (κ3) is 1.44. The van der Waals surface area contributed by atoms with E-state index in [1.54, 1.807) is 0 Å². The molecule has 0 atom stereocenters. The normalized spacial score (nSPS) is 16.1. The van der Waals surface area contributed by atoms with Crippen LogP contribution in [0.5, 0.6) is 0 Å². The molecule has 2 aromatic rings. The van der Waals surface area contributed by atoms with E-state index < -0.39 is 0 Å². The van der Waals surface area contributed by atoms with Crippen molar-refractivity contribution in [3.05, 3.63) is 35.3 Å². The molecule has 0 amide bonds. The van der Waals surface area contributed by atoms with E-state index in [-0.39, 0.29) is 0 Å². The van der Waals surface area contributed by atoms with Gasteiger partial charge in [-0.2, -0.15) is 0 Å². The minimum atomic E-state index is 0.821. The lowest BCUT2D eigenvalue weighted by atomic mass is 10.0. The largest absolute Gasteiger partial charge is 0.307 e. The molecule has 0 spiro atoms. The Hall–Kier alpha value is -1.31. The number of aromatic nitrogens is 2. The van der Waals surface area contributed by atoms with E-state index in [2.05, 4.69) is 41.7 Å². The van der Waals surface area contributed by atoms with Gasteiger partial charge in [-0.15, -0.1) is 0 Å². The zero-order valence-corrected chi connectivity index (χ0v) is 9.33. The summed E-state index contributed by atoms with van der Waals surface area (Å²) >= 11 is 0. The van der Waals surface area contributed by atoms with Crippen molar-refractivity contribution in [1.29, 1.82) is 0 Å². The van der Waals surface area contributed by atoms with Gasteiger partial charge in [-0.05, 0) is 49.3 Å². The topological polar surface area (TPSA) is 17.3 Å².